The Bertz CT molecular complexity index is 922. The molecule has 25 heavy (non-hydrogen) atoms. The summed E-state index contributed by atoms with van der Waals surface area (Å²) in [6, 6.07) is 15.1. The summed E-state index contributed by atoms with van der Waals surface area (Å²) in [6.45, 7) is 1.09. The molecule has 4 rings (SSSR count). The molecular weight excluding hydrogens is 402 g/mol. The van der Waals surface area contributed by atoms with E-state index in [1.165, 1.54) is 0 Å². The number of hydrogen-bond donors (Lipinski definition) is 0. The maximum atomic E-state index is 13.2. The van der Waals surface area contributed by atoms with Gasteiger partial charge in [0.2, 0.25) is 0 Å². The van der Waals surface area contributed by atoms with Crippen LogP contribution >= 0.6 is 27.5 Å². The number of carbonyl (C=O) groups excluding carboxylic acids is 1. The molecule has 1 aliphatic rings. The number of aromatic nitrogens is 2. The van der Waals surface area contributed by atoms with Crippen LogP contribution in [-0.4, -0.2) is 20.4 Å². The number of hydrogen-bond acceptors (Lipinski definition) is 2. The van der Waals surface area contributed by atoms with Gasteiger partial charge in [-0.3, -0.25) is 4.79 Å². The van der Waals surface area contributed by atoms with Crippen molar-refractivity contribution in [3.8, 4) is 0 Å². The fourth-order valence-corrected chi connectivity index (χ4v) is 3.72. The topological polar surface area (TPSA) is 38.1 Å². The van der Waals surface area contributed by atoms with Crippen LogP contribution in [0.25, 0.3) is 0 Å². The van der Waals surface area contributed by atoms with Gasteiger partial charge in [-0.15, -0.1) is 0 Å². The zero-order chi connectivity index (χ0) is 17.4. The smallest absolute Gasteiger partial charge is 0.250 e. The standard InChI is InChI=1S/C19H15BrClN3O/c20-15-3-1-2-14(8-15)18-19(25)23(11-17-9-22-12-24(17)18)10-13-4-6-16(21)7-5-13/h1-9,12,18H,10-11H2. The van der Waals surface area contributed by atoms with Crippen LogP contribution < -0.4 is 0 Å². The van der Waals surface area contributed by atoms with Gasteiger partial charge in [0, 0.05) is 22.2 Å². The van der Waals surface area contributed by atoms with Gasteiger partial charge in [-0.25, -0.2) is 4.98 Å². The van der Waals surface area contributed by atoms with Gasteiger partial charge >= 0.3 is 0 Å². The van der Waals surface area contributed by atoms with Crippen LogP contribution in [0.2, 0.25) is 5.02 Å². The average molecular weight is 417 g/mol. The Morgan fingerprint density at radius 1 is 1.20 bits per heavy atom. The van der Waals surface area contributed by atoms with Gasteiger partial charge in [0.1, 0.15) is 6.04 Å². The minimum Gasteiger partial charge on any atom is -0.330 e. The van der Waals surface area contributed by atoms with Crippen molar-refractivity contribution < 1.29 is 4.79 Å². The quantitative estimate of drug-likeness (QED) is 0.633. The van der Waals surface area contributed by atoms with Crippen molar-refractivity contribution in [2.75, 3.05) is 0 Å². The first-order valence-electron chi connectivity index (χ1n) is 7.91. The summed E-state index contributed by atoms with van der Waals surface area (Å²) < 4.78 is 2.91. The second-order valence-corrected chi connectivity index (χ2v) is 7.42. The number of amides is 1. The maximum absolute atomic E-state index is 13.2. The monoisotopic (exact) mass is 415 g/mol. The Morgan fingerprint density at radius 3 is 2.76 bits per heavy atom. The number of imidazole rings is 1. The third kappa shape index (κ3) is 3.22. The molecule has 0 saturated heterocycles. The lowest BCUT2D eigenvalue weighted by Crippen LogP contribution is -2.42. The van der Waals surface area contributed by atoms with E-state index < -0.39 is 6.04 Å². The van der Waals surface area contributed by atoms with E-state index >= 15 is 0 Å². The Kier molecular flexibility index (Phi) is 4.36. The fourth-order valence-electron chi connectivity index (χ4n) is 3.18. The summed E-state index contributed by atoms with van der Waals surface area (Å²) in [5, 5.41) is 0.693. The summed E-state index contributed by atoms with van der Waals surface area (Å²) in [4.78, 5) is 19.3. The third-order valence-corrected chi connectivity index (χ3v) is 5.12. The highest BCUT2D eigenvalue weighted by molar-refractivity contribution is 9.10. The minimum atomic E-state index is -0.393. The van der Waals surface area contributed by atoms with Gasteiger partial charge in [0.05, 0.1) is 18.6 Å². The molecule has 1 unspecified atom stereocenters. The molecule has 1 aliphatic heterocycles. The Balaban J connectivity index is 1.70. The molecule has 0 bridgehead atoms. The Morgan fingerprint density at radius 2 is 2.00 bits per heavy atom. The van der Waals surface area contributed by atoms with E-state index in [9.17, 15) is 4.79 Å². The molecule has 4 nitrogen and oxygen atoms in total. The van der Waals surface area contributed by atoms with E-state index in [0.29, 0.717) is 18.1 Å². The number of fused-ring (bicyclic) bond motifs is 1. The largest absolute Gasteiger partial charge is 0.330 e. The zero-order valence-electron chi connectivity index (χ0n) is 13.3. The molecule has 3 aromatic rings. The second-order valence-electron chi connectivity index (χ2n) is 6.07. The highest BCUT2D eigenvalue weighted by Gasteiger charge is 2.34. The van der Waals surface area contributed by atoms with E-state index in [1.807, 2.05) is 64.2 Å². The Labute approximate surface area is 159 Å². The average Bonchev–Trinajstić information content (AvgIpc) is 3.05. The van der Waals surface area contributed by atoms with Crippen molar-refractivity contribution in [1.82, 2.24) is 14.5 Å². The van der Waals surface area contributed by atoms with E-state index in [-0.39, 0.29) is 5.91 Å². The number of carbonyl (C=O) groups is 1. The van der Waals surface area contributed by atoms with E-state index in [0.717, 1.165) is 21.3 Å². The summed E-state index contributed by atoms with van der Waals surface area (Å²) in [5.41, 5.74) is 3.02. The van der Waals surface area contributed by atoms with Crippen molar-refractivity contribution in [1.29, 1.82) is 0 Å². The molecule has 0 fully saturated rings. The molecule has 0 aliphatic carbocycles. The summed E-state index contributed by atoms with van der Waals surface area (Å²) in [7, 11) is 0. The number of rotatable bonds is 3. The molecule has 6 heteroatoms. The highest BCUT2D eigenvalue weighted by atomic mass is 79.9. The first-order valence-corrected chi connectivity index (χ1v) is 9.08. The molecule has 126 valence electrons. The highest BCUT2D eigenvalue weighted by Crippen LogP contribution is 2.30. The molecule has 0 N–H and O–H groups in total. The van der Waals surface area contributed by atoms with Gasteiger partial charge < -0.3 is 9.47 Å². The molecule has 1 aromatic heterocycles. The zero-order valence-corrected chi connectivity index (χ0v) is 15.6. The van der Waals surface area contributed by atoms with Gasteiger partial charge in [-0.2, -0.15) is 0 Å². The maximum Gasteiger partial charge on any atom is 0.250 e. The summed E-state index contributed by atoms with van der Waals surface area (Å²) in [5.74, 6) is 0.0681. The molecule has 2 aromatic carbocycles. The molecule has 0 radical (unpaired) electrons. The Hall–Kier alpha value is -2.11. The molecule has 1 amide bonds. The molecule has 2 heterocycles. The predicted molar refractivity (Wildman–Crippen MR) is 100 cm³/mol. The molecular formula is C19H15BrClN3O. The fraction of sp³-hybridized carbons (Fsp3) is 0.158. The van der Waals surface area contributed by atoms with E-state index in [4.69, 9.17) is 11.6 Å². The second kappa shape index (κ2) is 6.65. The first-order chi connectivity index (χ1) is 12.1. The number of nitrogens with zero attached hydrogens (tertiary/aromatic N) is 3. The van der Waals surface area contributed by atoms with Crippen molar-refractivity contribution in [3.63, 3.8) is 0 Å². The van der Waals surface area contributed by atoms with Gasteiger partial charge in [-0.05, 0) is 35.4 Å². The van der Waals surface area contributed by atoms with Crippen LogP contribution in [0.5, 0.6) is 0 Å². The van der Waals surface area contributed by atoms with Gasteiger partial charge in [0.15, 0.2) is 0 Å². The van der Waals surface area contributed by atoms with Crippen molar-refractivity contribution in [2.24, 2.45) is 0 Å². The van der Waals surface area contributed by atoms with Gasteiger partial charge in [-0.1, -0.05) is 51.8 Å². The van der Waals surface area contributed by atoms with Crippen molar-refractivity contribution in [3.05, 3.63) is 87.4 Å². The van der Waals surface area contributed by atoms with Crippen LogP contribution in [0.4, 0.5) is 0 Å². The van der Waals surface area contributed by atoms with Crippen LogP contribution in [0.3, 0.4) is 0 Å². The lowest BCUT2D eigenvalue weighted by Gasteiger charge is -2.34. The van der Waals surface area contributed by atoms with Crippen LogP contribution in [0, 0.1) is 0 Å². The lowest BCUT2D eigenvalue weighted by molar-refractivity contribution is -0.136. The minimum absolute atomic E-state index is 0.0681. The van der Waals surface area contributed by atoms with Crippen molar-refractivity contribution in [2.45, 2.75) is 19.1 Å². The van der Waals surface area contributed by atoms with Gasteiger partial charge in [0.25, 0.3) is 5.91 Å². The number of halogens is 2. The predicted octanol–water partition coefficient (Wildman–Crippen LogP) is 4.43. The van der Waals surface area contributed by atoms with E-state index in [2.05, 4.69) is 20.9 Å². The number of benzene rings is 2. The summed E-state index contributed by atoms with van der Waals surface area (Å²) >= 11 is 9.45. The van der Waals surface area contributed by atoms with Crippen LogP contribution in [0.1, 0.15) is 22.9 Å². The van der Waals surface area contributed by atoms with Crippen molar-refractivity contribution >= 4 is 33.4 Å². The lowest BCUT2D eigenvalue weighted by atomic mass is 10.0. The van der Waals surface area contributed by atoms with Crippen LogP contribution in [0.15, 0.2) is 65.5 Å². The normalized spacial score (nSPS) is 16.8. The SMILES string of the molecule is O=C1C(c2cccc(Br)c2)n2cncc2CN1Cc1ccc(Cl)cc1. The molecule has 0 saturated carbocycles. The van der Waals surface area contributed by atoms with E-state index in [1.54, 1.807) is 6.33 Å². The summed E-state index contributed by atoms with van der Waals surface area (Å²) in [6.07, 6.45) is 3.56. The van der Waals surface area contributed by atoms with Crippen LogP contribution in [-0.2, 0) is 17.9 Å². The third-order valence-electron chi connectivity index (χ3n) is 4.37. The molecule has 1 atom stereocenters. The first kappa shape index (κ1) is 16.4. The molecule has 0 spiro atoms.